The maximum Gasteiger partial charge on any atom is 0.303 e. The van der Waals surface area contributed by atoms with E-state index in [0.29, 0.717) is 6.42 Å². The second-order valence-corrected chi connectivity index (χ2v) is 3.18. The largest absolute Gasteiger partial charge is 0.455 e. The third-order valence-corrected chi connectivity index (χ3v) is 1.82. The molecule has 3 nitrogen and oxygen atoms in total. The van der Waals surface area contributed by atoms with E-state index in [1.54, 1.807) is 6.92 Å². The lowest BCUT2D eigenvalue weighted by atomic mass is 10.1. The number of unbranched alkanes of at least 4 members (excludes halogenated alkanes) is 2. The molecule has 0 fully saturated rings. The minimum atomic E-state index is -0.575. The van der Waals surface area contributed by atoms with Crippen LogP contribution in [-0.4, -0.2) is 17.9 Å². The molecule has 0 saturated heterocycles. The number of hydrogen-bond acceptors (Lipinski definition) is 3. The third-order valence-electron chi connectivity index (χ3n) is 1.82. The summed E-state index contributed by atoms with van der Waals surface area (Å²) in [5.41, 5.74) is 0. The van der Waals surface area contributed by atoms with Crippen LogP contribution in [0.2, 0.25) is 0 Å². The summed E-state index contributed by atoms with van der Waals surface area (Å²) in [5.74, 6) is -0.375. The van der Waals surface area contributed by atoms with Crippen LogP contribution in [0, 0.1) is 0 Å². The van der Waals surface area contributed by atoms with E-state index in [0.717, 1.165) is 19.3 Å². The average Bonchev–Trinajstić information content (AvgIpc) is 2.03. The van der Waals surface area contributed by atoms with Gasteiger partial charge in [-0.3, -0.25) is 9.59 Å². The molecule has 13 heavy (non-hydrogen) atoms. The first-order valence-electron chi connectivity index (χ1n) is 4.77. The van der Waals surface area contributed by atoms with Crippen molar-refractivity contribution >= 4 is 11.8 Å². The SMILES string of the molecule is CCCCCC(=O)[C@@H](C)OC(C)=O. The summed E-state index contributed by atoms with van der Waals surface area (Å²) >= 11 is 0. The van der Waals surface area contributed by atoms with Gasteiger partial charge in [0.15, 0.2) is 11.9 Å². The monoisotopic (exact) mass is 186 g/mol. The number of hydrogen-bond donors (Lipinski definition) is 0. The minimum absolute atomic E-state index is 0.0173. The van der Waals surface area contributed by atoms with E-state index in [4.69, 9.17) is 4.74 Å². The fraction of sp³-hybridized carbons (Fsp3) is 0.800. The zero-order valence-corrected chi connectivity index (χ0v) is 8.63. The lowest BCUT2D eigenvalue weighted by Crippen LogP contribution is -2.22. The first kappa shape index (κ1) is 12.1. The van der Waals surface area contributed by atoms with E-state index in [1.165, 1.54) is 6.92 Å². The second-order valence-electron chi connectivity index (χ2n) is 3.18. The standard InChI is InChI=1S/C10H18O3/c1-4-5-6-7-10(12)8(2)13-9(3)11/h8H,4-7H2,1-3H3/t8-/m1/s1. The van der Waals surface area contributed by atoms with Crippen LogP contribution in [0.5, 0.6) is 0 Å². The van der Waals surface area contributed by atoms with Gasteiger partial charge < -0.3 is 4.74 Å². The number of carbonyl (C=O) groups excluding carboxylic acids is 2. The van der Waals surface area contributed by atoms with Crippen molar-refractivity contribution < 1.29 is 14.3 Å². The second kappa shape index (κ2) is 6.63. The molecule has 0 unspecified atom stereocenters. The number of ether oxygens (including phenoxy) is 1. The zero-order valence-electron chi connectivity index (χ0n) is 8.63. The highest BCUT2D eigenvalue weighted by molar-refractivity contribution is 5.84. The molecule has 3 heteroatoms. The number of rotatable bonds is 6. The van der Waals surface area contributed by atoms with Crippen LogP contribution in [0.25, 0.3) is 0 Å². The average molecular weight is 186 g/mol. The molecule has 0 rings (SSSR count). The number of carbonyl (C=O) groups is 2. The van der Waals surface area contributed by atoms with Gasteiger partial charge in [-0.25, -0.2) is 0 Å². The first-order valence-corrected chi connectivity index (χ1v) is 4.77. The fourth-order valence-corrected chi connectivity index (χ4v) is 1.07. The van der Waals surface area contributed by atoms with Crippen molar-refractivity contribution in [3.63, 3.8) is 0 Å². The molecule has 0 aromatic rings. The summed E-state index contributed by atoms with van der Waals surface area (Å²) in [6.07, 6.45) is 2.98. The number of ketones is 1. The van der Waals surface area contributed by atoms with Gasteiger partial charge in [-0.1, -0.05) is 19.8 Å². The van der Waals surface area contributed by atoms with Gasteiger partial charge in [-0.05, 0) is 13.3 Å². The first-order chi connectivity index (χ1) is 6.07. The van der Waals surface area contributed by atoms with Crippen LogP contribution >= 0.6 is 0 Å². The van der Waals surface area contributed by atoms with Gasteiger partial charge in [0.05, 0.1) is 0 Å². The van der Waals surface area contributed by atoms with Gasteiger partial charge in [0.2, 0.25) is 0 Å². The number of Topliss-reactive ketones (excluding diaryl/α,β-unsaturated/α-hetero) is 1. The summed E-state index contributed by atoms with van der Waals surface area (Å²) in [4.78, 5) is 21.8. The molecular formula is C10H18O3. The molecule has 0 aliphatic heterocycles. The molecule has 0 heterocycles. The van der Waals surface area contributed by atoms with E-state index < -0.39 is 12.1 Å². The van der Waals surface area contributed by atoms with Gasteiger partial charge in [0, 0.05) is 13.3 Å². The number of esters is 1. The van der Waals surface area contributed by atoms with Crippen LogP contribution < -0.4 is 0 Å². The molecule has 0 aromatic heterocycles. The van der Waals surface area contributed by atoms with Crippen molar-refractivity contribution in [2.75, 3.05) is 0 Å². The Morgan fingerprint density at radius 2 is 1.92 bits per heavy atom. The van der Waals surface area contributed by atoms with Crippen molar-refractivity contribution in [3.8, 4) is 0 Å². The van der Waals surface area contributed by atoms with Crippen LogP contribution in [0.15, 0.2) is 0 Å². The maximum atomic E-state index is 11.3. The van der Waals surface area contributed by atoms with E-state index in [1.807, 2.05) is 0 Å². The highest BCUT2D eigenvalue weighted by Gasteiger charge is 2.14. The minimum Gasteiger partial charge on any atom is -0.455 e. The van der Waals surface area contributed by atoms with Crippen LogP contribution in [-0.2, 0) is 14.3 Å². The highest BCUT2D eigenvalue weighted by Crippen LogP contribution is 2.04. The lowest BCUT2D eigenvalue weighted by Gasteiger charge is -2.09. The van der Waals surface area contributed by atoms with Gasteiger partial charge in [-0.2, -0.15) is 0 Å². The van der Waals surface area contributed by atoms with Crippen molar-refractivity contribution in [1.29, 1.82) is 0 Å². The predicted molar refractivity (Wildman–Crippen MR) is 50.4 cm³/mol. The van der Waals surface area contributed by atoms with E-state index in [9.17, 15) is 9.59 Å². The van der Waals surface area contributed by atoms with Crippen molar-refractivity contribution in [3.05, 3.63) is 0 Å². The molecule has 1 atom stereocenters. The van der Waals surface area contributed by atoms with Crippen LogP contribution in [0.3, 0.4) is 0 Å². The van der Waals surface area contributed by atoms with E-state index >= 15 is 0 Å². The third kappa shape index (κ3) is 6.31. The Labute approximate surface area is 79.5 Å². The van der Waals surface area contributed by atoms with Gasteiger partial charge in [0.25, 0.3) is 0 Å². The summed E-state index contributed by atoms with van der Waals surface area (Å²) < 4.78 is 4.75. The highest BCUT2D eigenvalue weighted by atomic mass is 16.5. The summed E-state index contributed by atoms with van der Waals surface area (Å²) in [6, 6.07) is 0. The topological polar surface area (TPSA) is 43.4 Å². The Bertz CT molecular complexity index is 175. The van der Waals surface area contributed by atoms with Gasteiger partial charge in [0.1, 0.15) is 0 Å². The lowest BCUT2D eigenvalue weighted by molar-refractivity contribution is -0.151. The Morgan fingerprint density at radius 3 is 2.38 bits per heavy atom. The van der Waals surface area contributed by atoms with Crippen molar-refractivity contribution in [2.45, 2.75) is 52.6 Å². The fourth-order valence-electron chi connectivity index (χ4n) is 1.07. The normalized spacial score (nSPS) is 12.2. The van der Waals surface area contributed by atoms with Crippen LogP contribution in [0.1, 0.15) is 46.5 Å². The van der Waals surface area contributed by atoms with E-state index in [-0.39, 0.29) is 5.78 Å². The molecule has 0 spiro atoms. The Balaban J connectivity index is 3.63. The Hall–Kier alpha value is -0.860. The molecule has 0 aliphatic carbocycles. The van der Waals surface area contributed by atoms with Crippen LogP contribution in [0.4, 0.5) is 0 Å². The van der Waals surface area contributed by atoms with Gasteiger partial charge >= 0.3 is 5.97 Å². The molecule has 76 valence electrons. The van der Waals surface area contributed by atoms with Crippen molar-refractivity contribution in [1.82, 2.24) is 0 Å². The molecule has 0 amide bonds. The smallest absolute Gasteiger partial charge is 0.303 e. The molecular weight excluding hydrogens is 168 g/mol. The van der Waals surface area contributed by atoms with Crippen molar-refractivity contribution in [2.24, 2.45) is 0 Å². The molecule has 0 radical (unpaired) electrons. The molecule has 0 N–H and O–H groups in total. The Kier molecular flexibility index (Phi) is 6.20. The maximum absolute atomic E-state index is 11.3. The summed E-state index contributed by atoms with van der Waals surface area (Å²) in [5, 5.41) is 0. The summed E-state index contributed by atoms with van der Waals surface area (Å²) in [7, 11) is 0. The molecule has 0 aliphatic rings. The predicted octanol–water partition coefficient (Wildman–Crippen LogP) is 2.09. The quantitative estimate of drug-likeness (QED) is 0.471. The molecule has 0 bridgehead atoms. The Morgan fingerprint density at radius 1 is 1.31 bits per heavy atom. The summed E-state index contributed by atoms with van der Waals surface area (Å²) in [6.45, 7) is 5.02. The molecule has 0 aromatic carbocycles. The van der Waals surface area contributed by atoms with E-state index in [2.05, 4.69) is 6.92 Å². The molecule has 0 saturated carbocycles. The van der Waals surface area contributed by atoms with Gasteiger partial charge in [-0.15, -0.1) is 0 Å². The zero-order chi connectivity index (χ0) is 10.3.